The molecule has 2 aliphatic rings. The Balaban J connectivity index is 1.81. The van der Waals surface area contributed by atoms with Crippen molar-refractivity contribution in [1.82, 2.24) is 9.80 Å². The lowest BCUT2D eigenvalue weighted by atomic mass is 9.98. The molecular formula is C16H33N3. The van der Waals surface area contributed by atoms with Gasteiger partial charge in [-0.25, -0.2) is 0 Å². The third-order valence-corrected chi connectivity index (χ3v) is 5.47. The smallest absolute Gasteiger partial charge is 0.0135 e. The predicted octanol–water partition coefficient (Wildman–Crippen LogP) is 2.31. The van der Waals surface area contributed by atoms with Gasteiger partial charge in [0.1, 0.15) is 0 Å². The van der Waals surface area contributed by atoms with Gasteiger partial charge in [-0.1, -0.05) is 19.8 Å². The summed E-state index contributed by atoms with van der Waals surface area (Å²) in [5, 5.41) is 0. The van der Waals surface area contributed by atoms with E-state index >= 15 is 0 Å². The van der Waals surface area contributed by atoms with Crippen LogP contribution in [0, 0.1) is 5.92 Å². The zero-order valence-corrected chi connectivity index (χ0v) is 13.0. The second kappa shape index (κ2) is 7.61. The molecule has 1 aliphatic carbocycles. The number of nitrogens with two attached hydrogens (primary N) is 1. The summed E-state index contributed by atoms with van der Waals surface area (Å²) in [6.07, 6.45) is 9.67. The number of nitrogens with zero attached hydrogens (tertiary/aromatic N) is 2. The Morgan fingerprint density at radius 2 is 2.00 bits per heavy atom. The van der Waals surface area contributed by atoms with Crippen molar-refractivity contribution in [3.05, 3.63) is 0 Å². The van der Waals surface area contributed by atoms with E-state index in [2.05, 4.69) is 23.8 Å². The average Bonchev–Trinajstić information content (AvgIpc) is 2.90. The summed E-state index contributed by atoms with van der Waals surface area (Å²) in [4.78, 5) is 5.29. The quantitative estimate of drug-likeness (QED) is 0.801. The van der Waals surface area contributed by atoms with Crippen molar-refractivity contribution in [2.45, 2.75) is 64.0 Å². The third kappa shape index (κ3) is 3.93. The van der Waals surface area contributed by atoms with Gasteiger partial charge in [-0.15, -0.1) is 0 Å². The molecule has 1 aliphatic heterocycles. The largest absolute Gasteiger partial charge is 0.330 e. The van der Waals surface area contributed by atoms with Crippen LogP contribution >= 0.6 is 0 Å². The Hall–Kier alpha value is -0.120. The predicted molar refractivity (Wildman–Crippen MR) is 82.3 cm³/mol. The zero-order chi connectivity index (χ0) is 13.7. The van der Waals surface area contributed by atoms with Gasteiger partial charge in [-0.2, -0.15) is 0 Å². The van der Waals surface area contributed by atoms with Crippen molar-refractivity contribution >= 4 is 0 Å². The van der Waals surface area contributed by atoms with Crippen LogP contribution in [0.3, 0.4) is 0 Å². The van der Waals surface area contributed by atoms with E-state index in [9.17, 15) is 0 Å². The van der Waals surface area contributed by atoms with E-state index in [0.29, 0.717) is 0 Å². The van der Waals surface area contributed by atoms with Gasteiger partial charge in [-0.05, 0) is 71.2 Å². The molecule has 2 rings (SSSR count). The summed E-state index contributed by atoms with van der Waals surface area (Å²) in [6.45, 7) is 6.96. The molecule has 3 atom stereocenters. The van der Waals surface area contributed by atoms with Crippen LogP contribution in [0.4, 0.5) is 0 Å². The van der Waals surface area contributed by atoms with E-state index in [1.807, 2.05) is 0 Å². The van der Waals surface area contributed by atoms with Crippen LogP contribution < -0.4 is 5.73 Å². The van der Waals surface area contributed by atoms with Crippen molar-refractivity contribution in [2.24, 2.45) is 11.7 Å². The molecule has 0 bridgehead atoms. The van der Waals surface area contributed by atoms with Crippen molar-refractivity contribution in [3.8, 4) is 0 Å². The molecule has 1 saturated carbocycles. The van der Waals surface area contributed by atoms with E-state index < -0.39 is 0 Å². The molecule has 1 heterocycles. The van der Waals surface area contributed by atoms with Crippen LogP contribution in [0.1, 0.15) is 51.9 Å². The van der Waals surface area contributed by atoms with Gasteiger partial charge < -0.3 is 15.5 Å². The molecule has 3 heteroatoms. The molecule has 0 aromatic heterocycles. The average molecular weight is 267 g/mol. The highest BCUT2D eigenvalue weighted by atomic mass is 15.2. The molecule has 2 fully saturated rings. The van der Waals surface area contributed by atoms with Crippen LogP contribution in [0.25, 0.3) is 0 Å². The lowest BCUT2D eigenvalue weighted by Gasteiger charge is -2.36. The van der Waals surface area contributed by atoms with Crippen LogP contribution in [-0.2, 0) is 0 Å². The molecule has 19 heavy (non-hydrogen) atoms. The van der Waals surface area contributed by atoms with E-state index in [-0.39, 0.29) is 0 Å². The lowest BCUT2D eigenvalue weighted by Crippen LogP contribution is -2.44. The maximum atomic E-state index is 5.94. The van der Waals surface area contributed by atoms with Gasteiger partial charge >= 0.3 is 0 Å². The molecule has 0 spiro atoms. The third-order valence-electron chi connectivity index (χ3n) is 5.47. The molecule has 0 amide bonds. The highest BCUT2D eigenvalue weighted by molar-refractivity contribution is 4.86. The fourth-order valence-corrected chi connectivity index (χ4v) is 4.16. The standard InChI is InChI=1S/C16H33N3/c1-3-19(16-9-6-7-14(16)13-17)12-10-15-8-4-5-11-18(15)2/h14-16H,3-13,17H2,1-2H3. The van der Waals surface area contributed by atoms with Gasteiger partial charge in [0.15, 0.2) is 0 Å². The minimum Gasteiger partial charge on any atom is -0.330 e. The fourth-order valence-electron chi connectivity index (χ4n) is 4.16. The number of hydrogen-bond donors (Lipinski definition) is 1. The first-order valence-electron chi connectivity index (χ1n) is 8.40. The van der Waals surface area contributed by atoms with Crippen LogP contribution in [-0.4, -0.2) is 55.1 Å². The summed E-state index contributed by atoms with van der Waals surface area (Å²) in [6, 6.07) is 1.59. The van der Waals surface area contributed by atoms with E-state index in [1.165, 1.54) is 64.6 Å². The maximum absolute atomic E-state index is 5.94. The first kappa shape index (κ1) is 15.3. The number of piperidine rings is 1. The number of hydrogen-bond acceptors (Lipinski definition) is 3. The Morgan fingerprint density at radius 1 is 1.16 bits per heavy atom. The molecule has 0 aromatic carbocycles. The highest BCUT2D eigenvalue weighted by Crippen LogP contribution is 2.29. The van der Waals surface area contributed by atoms with Gasteiger partial charge in [0.2, 0.25) is 0 Å². The molecule has 0 aromatic rings. The molecule has 1 saturated heterocycles. The number of rotatable bonds is 6. The first-order chi connectivity index (χ1) is 9.26. The minimum absolute atomic E-state index is 0.754. The van der Waals surface area contributed by atoms with E-state index in [4.69, 9.17) is 5.73 Å². The number of likely N-dealkylation sites (tertiary alicyclic amines) is 1. The summed E-state index contributed by atoms with van der Waals surface area (Å²) < 4.78 is 0. The Kier molecular flexibility index (Phi) is 6.11. The van der Waals surface area contributed by atoms with E-state index in [0.717, 1.165) is 24.5 Å². The Morgan fingerprint density at radius 3 is 2.68 bits per heavy atom. The Bertz CT molecular complexity index is 256. The fraction of sp³-hybridized carbons (Fsp3) is 1.00. The van der Waals surface area contributed by atoms with Gasteiger partial charge in [0.25, 0.3) is 0 Å². The van der Waals surface area contributed by atoms with Gasteiger partial charge in [-0.3, -0.25) is 0 Å². The topological polar surface area (TPSA) is 32.5 Å². The lowest BCUT2D eigenvalue weighted by molar-refractivity contribution is 0.124. The molecule has 2 N–H and O–H groups in total. The second-order valence-corrected chi connectivity index (χ2v) is 6.54. The van der Waals surface area contributed by atoms with Crippen molar-refractivity contribution in [2.75, 3.05) is 33.2 Å². The minimum atomic E-state index is 0.754. The van der Waals surface area contributed by atoms with Crippen LogP contribution in [0.5, 0.6) is 0 Å². The highest BCUT2D eigenvalue weighted by Gasteiger charge is 2.30. The molecule has 0 radical (unpaired) electrons. The molecule has 3 nitrogen and oxygen atoms in total. The normalized spacial score (nSPS) is 33.2. The Labute approximate surface area is 119 Å². The van der Waals surface area contributed by atoms with Crippen molar-refractivity contribution in [1.29, 1.82) is 0 Å². The van der Waals surface area contributed by atoms with Crippen LogP contribution in [0.15, 0.2) is 0 Å². The first-order valence-corrected chi connectivity index (χ1v) is 8.40. The SMILES string of the molecule is CCN(CCC1CCCCN1C)C1CCCC1CN. The molecular weight excluding hydrogens is 234 g/mol. The second-order valence-electron chi connectivity index (χ2n) is 6.54. The van der Waals surface area contributed by atoms with Gasteiger partial charge in [0, 0.05) is 12.1 Å². The van der Waals surface area contributed by atoms with Crippen molar-refractivity contribution < 1.29 is 0 Å². The van der Waals surface area contributed by atoms with Crippen molar-refractivity contribution in [3.63, 3.8) is 0 Å². The molecule has 112 valence electrons. The van der Waals surface area contributed by atoms with Crippen LogP contribution in [0.2, 0.25) is 0 Å². The summed E-state index contributed by atoms with van der Waals surface area (Å²) in [5.74, 6) is 0.754. The zero-order valence-electron chi connectivity index (χ0n) is 13.0. The van der Waals surface area contributed by atoms with E-state index in [1.54, 1.807) is 0 Å². The summed E-state index contributed by atoms with van der Waals surface area (Å²) in [7, 11) is 2.30. The van der Waals surface area contributed by atoms with Gasteiger partial charge in [0.05, 0.1) is 0 Å². The summed E-state index contributed by atoms with van der Waals surface area (Å²) >= 11 is 0. The maximum Gasteiger partial charge on any atom is 0.0135 e. The summed E-state index contributed by atoms with van der Waals surface area (Å²) in [5.41, 5.74) is 5.94. The monoisotopic (exact) mass is 267 g/mol. The molecule has 3 unspecified atom stereocenters.